The van der Waals surface area contributed by atoms with Gasteiger partial charge in [-0.1, -0.05) is 30.3 Å². The molecule has 0 spiro atoms. The van der Waals surface area contributed by atoms with Gasteiger partial charge >= 0.3 is 0 Å². The molecule has 0 fully saturated rings. The standard InChI is InChI=1S/C12H18P/c1-3-13(2)11-7-10-12-8-5-4-6-9-12/h4-6,8-9H,2-3,7,10-11H2,1H3/q+1. The minimum atomic E-state index is 0.0754. The second kappa shape index (κ2) is 5.94. The highest BCUT2D eigenvalue weighted by atomic mass is 31.1. The Hall–Kier alpha value is -0.610. The second-order valence-electron chi connectivity index (χ2n) is 3.30. The summed E-state index contributed by atoms with van der Waals surface area (Å²) >= 11 is 0. The number of benzene rings is 1. The van der Waals surface area contributed by atoms with Crippen LogP contribution >= 0.6 is 7.55 Å². The minimum Gasteiger partial charge on any atom is -0.0622 e. The van der Waals surface area contributed by atoms with Crippen molar-refractivity contribution in [1.29, 1.82) is 0 Å². The first-order chi connectivity index (χ1) is 6.33. The van der Waals surface area contributed by atoms with Gasteiger partial charge in [-0.25, -0.2) is 0 Å². The summed E-state index contributed by atoms with van der Waals surface area (Å²) in [6.07, 6.45) is 9.26. The molecule has 1 aromatic rings. The van der Waals surface area contributed by atoms with Gasteiger partial charge in [-0.2, -0.15) is 0 Å². The van der Waals surface area contributed by atoms with Gasteiger partial charge in [0.15, 0.2) is 0 Å². The summed E-state index contributed by atoms with van der Waals surface area (Å²) in [6, 6.07) is 10.7. The molecule has 0 aliphatic carbocycles. The Morgan fingerprint density at radius 2 is 1.92 bits per heavy atom. The van der Waals surface area contributed by atoms with Gasteiger partial charge in [-0.3, -0.25) is 0 Å². The molecule has 1 unspecified atom stereocenters. The molecule has 0 N–H and O–H groups in total. The lowest BCUT2D eigenvalue weighted by atomic mass is 10.1. The zero-order chi connectivity index (χ0) is 9.52. The normalized spacial score (nSPS) is 11.3. The molecule has 0 heterocycles. The van der Waals surface area contributed by atoms with Crippen LogP contribution in [-0.2, 0) is 6.42 Å². The SMILES string of the molecule is C=[P+](CC)CCCc1ccccc1. The van der Waals surface area contributed by atoms with Crippen molar-refractivity contribution in [2.75, 3.05) is 12.3 Å². The van der Waals surface area contributed by atoms with Gasteiger partial charge in [0, 0.05) is 0 Å². The molecule has 0 aliphatic heterocycles. The van der Waals surface area contributed by atoms with Crippen molar-refractivity contribution in [3.63, 3.8) is 0 Å². The van der Waals surface area contributed by atoms with Gasteiger partial charge in [0.25, 0.3) is 0 Å². The third kappa shape index (κ3) is 4.24. The lowest BCUT2D eigenvalue weighted by Gasteiger charge is -1.97. The van der Waals surface area contributed by atoms with E-state index in [9.17, 15) is 0 Å². The molecule has 13 heavy (non-hydrogen) atoms. The highest BCUT2D eigenvalue weighted by Gasteiger charge is 2.01. The van der Waals surface area contributed by atoms with Gasteiger partial charge in [-0.15, -0.1) is 0 Å². The number of aryl methyl sites for hydroxylation is 1. The first kappa shape index (κ1) is 10.5. The predicted molar refractivity (Wildman–Crippen MR) is 64.2 cm³/mol. The quantitative estimate of drug-likeness (QED) is 0.627. The first-order valence-electron chi connectivity index (χ1n) is 4.92. The summed E-state index contributed by atoms with van der Waals surface area (Å²) in [5.74, 6) is 0. The van der Waals surface area contributed by atoms with Crippen LogP contribution in [0.25, 0.3) is 0 Å². The molecule has 0 radical (unpaired) electrons. The average Bonchev–Trinajstić information content (AvgIpc) is 2.19. The summed E-state index contributed by atoms with van der Waals surface area (Å²) in [4.78, 5) is 0. The lowest BCUT2D eigenvalue weighted by Crippen LogP contribution is -1.87. The van der Waals surface area contributed by atoms with Gasteiger partial charge < -0.3 is 0 Å². The maximum absolute atomic E-state index is 4.15. The largest absolute Gasteiger partial charge is 0.106 e. The summed E-state index contributed by atoms with van der Waals surface area (Å²) in [5.41, 5.74) is 1.46. The fourth-order valence-electron chi connectivity index (χ4n) is 1.31. The van der Waals surface area contributed by atoms with Gasteiger partial charge in [0.05, 0.1) is 13.8 Å². The van der Waals surface area contributed by atoms with Crippen molar-refractivity contribution in [3.8, 4) is 0 Å². The molecular formula is C12H18P+. The average molecular weight is 193 g/mol. The van der Waals surface area contributed by atoms with E-state index in [1.54, 1.807) is 0 Å². The molecule has 1 atom stereocenters. The fourth-order valence-corrected chi connectivity index (χ4v) is 2.23. The summed E-state index contributed by atoms with van der Waals surface area (Å²) < 4.78 is 0. The van der Waals surface area contributed by atoms with Crippen molar-refractivity contribution in [3.05, 3.63) is 35.9 Å². The van der Waals surface area contributed by atoms with E-state index in [4.69, 9.17) is 0 Å². The molecule has 1 heteroatoms. The van der Waals surface area contributed by atoms with Crippen LogP contribution in [0.4, 0.5) is 0 Å². The van der Waals surface area contributed by atoms with E-state index in [-0.39, 0.29) is 7.55 Å². The first-order valence-corrected chi connectivity index (χ1v) is 6.82. The monoisotopic (exact) mass is 193 g/mol. The summed E-state index contributed by atoms with van der Waals surface area (Å²) in [7, 11) is 0.0754. The third-order valence-electron chi connectivity index (χ3n) is 2.23. The molecule has 0 saturated heterocycles. The van der Waals surface area contributed by atoms with E-state index in [0.29, 0.717) is 0 Å². The van der Waals surface area contributed by atoms with E-state index < -0.39 is 0 Å². The molecule has 70 valence electrons. The number of hydrogen-bond acceptors (Lipinski definition) is 0. The van der Waals surface area contributed by atoms with Crippen LogP contribution in [0.1, 0.15) is 18.9 Å². The minimum absolute atomic E-state index is 0.0754. The van der Waals surface area contributed by atoms with Crippen molar-refractivity contribution in [2.24, 2.45) is 0 Å². The van der Waals surface area contributed by atoms with Crippen LogP contribution in [0.2, 0.25) is 0 Å². The van der Waals surface area contributed by atoms with Crippen molar-refractivity contribution >= 4 is 13.8 Å². The molecular weight excluding hydrogens is 175 g/mol. The third-order valence-corrected chi connectivity index (χ3v) is 4.07. The molecule has 0 amide bonds. The van der Waals surface area contributed by atoms with Crippen LogP contribution in [0.15, 0.2) is 30.3 Å². The number of rotatable bonds is 5. The maximum atomic E-state index is 4.15. The van der Waals surface area contributed by atoms with Crippen LogP contribution in [0.3, 0.4) is 0 Å². The molecule has 0 aromatic heterocycles. The van der Waals surface area contributed by atoms with E-state index in [2.05, 4.69) is 43.6 Å². The van der Waals surface area contributed by atoms with Gasteiger partial charge in [0.1, 0.15) is 12.3 Å². The highest BCUT2D eigenvalue weighted by molar-refractivity contribution is 7.55. The summed E-state index contributed by atoms with van der Waals surface area (Å²) in [6.45, 7) is 2.24. The zero-order valence-corrected chi connectivity index (χ0v) is 9.26. The molecule has 0 nitrogen and oxygen atoms in total. The van der Waals surface area contributed by atoms with Crippen LogP contribution in [0.5, 0.6) is 0 Å². The Morgan fingerprint density at radius 1 is 1.23 bits per heavy atom. The van der Waals surface area contributed by atoms with Crippen LogP contribution in [-0.4, -0.2) is 18.6 Å². The molecule has 0 bridgehead atoms. The molecule has 1 rings (SSSR count). The smallest absolute Gasteiger partial charge is 0.0622 e. The highest BCUT2D eigenvalue weighted by Crippen LogP contribution is 2.20. The number of hydrogen-bond donors (Lipinski definition) is 0. The predicted octanol–water partition coefficient (Wildman–Crippen LogP) is 3.55. The van der Waals surface area contributed by atoms with Crippen molar-refractivity contribution in [1.82, 2.24) is 0 Å². The lowest BCUT2D eigenvalue weighted by molar-refractivity contribution is 0.929. The van der Waals surface area contributed by atoms with Crippen LogP contribution in [0, 0.1) is 0 Å². The Bertz CT molecular complexity index is 251. The van der Waals surface area contributed by atoms with Gasteiger partial charge in [-0.05, 0) is 25.3 Å². The summed E-state index contributed by atoms with van der Waals surface area (Å²) in [5, 5.41) is 0. The Balaban J connectivity index is 2.24. The fraction of sp³-hybridized carbons (Fsp3) is 0.417. The molecule has 0 saturated carbocycles. The van der Waals surface area contributed by atoms with Crippen molar-refractivity contribution in [2.45, 2.75) is 19.8 Å². The molecule has 1 aromatic carbocycles. The topological polar surface area (TPSA) is 0 Å². The van der Waals surface area contributed by atoms with Crippen molar-refractivity contribution < 1.29 is 0 Å². The van der Waals surface area contributed by atoms with Crippen LogP contribution < -0.4 is 0 Å². The Labute approximate surface area is 82.4 Å². The second-order valence-corrected chi connectivity index (χ2v) is 5.72. The van der Waals surface area contributed by atoms with E-state index in [1.165, 1.54) is 30.7 Å². The maximum Gasteiger partial charge on any atom is 0.106 e. The van der Waals surface area contributed by atoms with E-state index >= 15 is 0 Å². The van der Waals surface area contributed by atoms with Gasteiger partial charge in [0.2, 0.25) is 0 Å². The Morgan fingerprint density at radius 3 is 2.54 bits per heavy atom. The van der Waals surface area contributed by atoms with E-state index in [0.717, 1.165) is 0 Å². The molecule has 0 aliphatic rings. The zero-order valence-electron chi connectivity index (χ0n) is 8.37. The Kier molecular flexibility index (Phi) is 4.78. The van der Waals surface area contributed by atoms with E-state index in [1.807, 2.05) is 0 Å².